The summed E-state index contributed by atoms with van der Waals surface area (Å²) in [5.74, 6) is 8.97. The predicted molar refractivity (Wildman–Crippen MR) is 396 cm³/mol. The summed E-state index contributed by atoms with van der Waals surface area (Å²) in [6.45, 7) is 0. The fraction of sp³-hybridized carbons (Fsp3) is 0.341. The van der Waals surface area contributed by atoms with Crippen molar-refractivity contribution in [1.29, 1.82) is 0 Å². The van der Waals surface area contributed by atoms with E-state index in [1.165, 1.54) is 231 Å². The van der Waals surface area contributed by atoms with Crippen LogP contribution in [0.15, 0.2) is 229 Å². The van der Waals surface area contributed by atoms with E-state index in [2.05, 4.69) is 240 Å². The zero-order valence-electron chi connectivity index (χ0n) is 53.5. The molecule has 6 aliphatic rings. The van der Waals surface area contributed by atoms with Gasteiger partial charge in [-0.1, -0.05) is 306 Å². The maximum atomic E-state index is 10.6. The zero-order chi connectivity index (χ0) is 61.7. The van der Waals surface area contributed by atoms with Crippen LogP contribution in [0, 0.1) is 59.2 Å². The molecule has 8 atom stereocenters. The first-order valence-electron chi connectivity index (χ1n) is 35.8. The third-order valence-electron chi connectivity index (χ3n) is 24.6. The number of rotatable bonds is 6. The van der Waals surface area contributed by atoms with Crippen molar-refractivity contribution in [3.05, 3.63) is 229 Å². The summed E-state index contributed by atoms with van der Waals surface area (Å²) in [4.78, 5) is 0. The van der Waals surface area contributed by atoms with Gasteiger partial charge in [0.15, 0.2) is 0 Å². The summed E-state index contributed by atoms with van der Waals surface area (Å²) in [5.41, 5.74) is 7.60. The fourth-order valence-corrected chi connectivity index (χ4v) is 21.3. The Balaban J connectivity index is 0.000000123. The normalized spacial score (nSPS) is 24.9. The highest BCUT2D eigenvalue weighted by Gasteiger charge is 2.58. The van der Waals surface area contributed by atoms with Crippen LogP contribution >= 0.6 is 15.9 Å². The minimum Gasteiger partial charge on any atom is -0.427 e. The van der Waals surface area contributed by atoms with E-state index in [4.69, 9.17) is 0 Å². The Kier molecular flexibility index (Phi) is 17.2. The molecule has 12 aromatic rings. The molecule has 0 heterocycles. The molecule has 2 N–H and O–H groups in total. The molecule has 92 heavy (non-hydrogen) atoms. The van der Waals surface area contributed by atoms with Gasteiger partial charge in [-0.3, -0.25) is 0 Å². The topological polar surface area (TPSA) is 40.5 Å². The number of hydrogen-bond donors (Lipinski definition) is 2. The van der Waals surface area contributed by atoms with E-state index >= 15 is 0 Å². The molecule has 18 rings (SSSR count). The van der Waals surface area contributed by atoms with Crippen molar-refractivity contribution in [2.45, 2.75) is 128 Å². The Morgan fingerprint density at radius 2 is 0.663 bits per heavy atom. The first-order valence-corrected chi connectivity index (χ1v) is 36.6. The second-order valence-corrected chi connectivity index (χ2v) is 29.9. The number of hydrogen-bond acceptors (Lipinski definition) is 2. The van der Waals surface area contributed by atoms with Crippen molar-refractivity contribution in [1.82, 2.24) is 0 Å². The van der Waals surface area contributed by atoms with E-state index < -0.39 is 7.12 Å². The average Bonchev–Trinajstić information content (AvgIpc) is 3.47. The Morgan fingerprint density at radius 1 is 0.272 bits per heavy atom. The molecule has 462 valence electrons. The van der Waals surface area contributed by atoms with E-state index in [1.807, 2.05) is 0 Å². The molecule has 0 aliphatic heterocycles. The van der Waals surface area contributed by atoms with Gasteiger partial charge in [-0.2, -0.15) is 0 Å². The lowest BCUT2D eigenvalue weighted by molar-refractivity contribution is -0.0983. The second kappa shape index (κ2) is 26.4. The zero-order valence-corrected chi connectivity index (χ0v) is 55.1. The third kappa shape index (κ3) is 11.2. The molecule has 12 aromatic carbocycles. The Labute approximate surface area is 554 Å². The van der Waals surface area contributed by atoms with Gasteiger partial charge in [-0.25, -0.2) is 0 Å². The number of fused-ring (bicyclic) bond motifs is 12. The van der Waals surface area contributed by atoms with E-state index in [0.717, 1.165) is 51.8 Å². The highest BCUT2D eigenvalue weighted by Crippen LogP contribution is 2.65. The van der Waals surface area contributed by atoms with E-state index in [-0.39, 0.29) is 5.82 Å². The number of halogens is 1. The van der Waals surface area contributed by atoms with Gasteiger partial charge in [0.2, 0.25) is 0 Å². The Hall–Kier alpha value is -7.08. The molecular weight excluding hydrogens is 1180 g/mol. The monoisotopic (exact) mass is 1270 g/mol. The minimum absolute atomic E-state index is 0.178. The van der Waals surface area contributed by atoms with Crippen LogP contribution in [0.1, 0.15) is 122 Å². The lowest BCUT2D eigenvalue weighted by atomic mass is 9.40. The van der Waals surface area contributed by atoms with Crippen molar-refractivity contribution in [2.24, 2.45) is 59.2 Å². The van der Waals surface area contributed by atoms with Crippen molar-refractivity contribution in [2.75, 3.05) is 0 Å². The van der Waals surface area contributed by atoms with Crippen LogP contribution in [0.2, 0.25) is 5.82 Å². The van der Waals surface area contributed by atoms with Crippen LogP contribution in [-0.4, -0.2) is 17.2 Å². The molecule has 2 nitrogen and oxygen atoms in total. The third-order valence-corrected chi connectivity index (χ3v) is 25.1. The molecule has 0 spiro atoms. The summed E-state index contributed by atoms with van der Waals surface area (Å²) in [6.07, 6.45) is 27.5. The van der Waals surface area contributed by atoms with Crippen LogP contribution in [0.4, 0.5) is 0 Å². The highest BCUT2D eigenvalue weighted by atomic mass is 79.9. The molecule has 8 unspecified atom stereocenters. The van der Waals surface area contributed by atoms with Gasteiger partial charge >= 0.3 is 7.12 Å². The van der Waals surface area contributed by atoms with Crippen LogP contribution in [0.3, 0.4) is 0 Å². The van der Waals surface area contributed by atoms with Crippen molar-refractivity contribution in [3.63, 3.8) is 0 Å². The first kappa shape index (κ1) is 59.9. The Morgan fingerprint density at radius 3 is 1.23 bits per heavy atom. The van der Waals surface area contributed by atoms with Crippen LogP contribution in [0.5, 0.6) is 0 Å². The summed E-state index contributed by atoms with van der Waals surface area (Å²) < 4.78 is 1.13. The van der Waals surface area contributed by atoms with Crippen LogP contribution in [-0.2, 0) is 0 Å². The van der Waals surface area contributed by atoms with Gasteiger partial charge in [0.1, 0.15) is 0 Å². The molecule has 0 aromatic heterocycles. The van der Waals surface area contributed by atoms with Gasteiger partial charge in [0, 0.05) is 4.47 Å². The van der Waals surface area contributed by atoms with Gasteiger partial charge < -0.3 is 10.0 Å². The smallest absolute Gasteiger partial charge is 0.427 e. The maximum absolute atomic E-state index is 10.6. The minimum atomic E-state index is -1.08. The van der Waals surface area contributed by atoms with E-state index in [9.17, 15) is 10.0 Å². The SMILES string of the molecule is Brc1ccc2ccc3ccccc3c2c1.OB(O)C1C2CCCCC2C(C2CCC(C3CCCCC3)C3CCCCC32)C2CCCCC21.c1ccc(-c2ccc(-c3c4ccccc4c(-c4ccc5ccc6ccccc6c5c4)c4ccccc34)c3ccccc23)cc1. The molecule has 6 fully saturated rings. The maximum Gasteiger partial charge on any atom is 0.455 e. The van der Waals surface area contributed by atoms with Gasteiger partial charge in [-0.05, 0) is 231 Å². The molecule has 0 amide bonds. The van der Waals surface area contributed by atoms with Crippen LogP contribution < -0.4 is 0 Å². The number of benzene rings is 12. The van der Waals surface area contributed by atoms with Crippen LogP contribution in [0.25, 0.3) is 109 Å². The summed E-state index contributed by atoms with van der Waals surface area (Å²) >= 11 is 3.52. The largest absolute Gasteiger partial charge is 0.455 e. The Bertz CT molecular complexity index is 4540. The average molecular weight is 1270 g/mol. The molecular formula is C88H88BBrO2. The van der Waals surface area contributed by atoms with Crippen molar-refractivity contribution >= 4 is 98.5 Å². The standard InChI is InChI=1S/C44H28.C30H51BO2.C14H9Br/c1-2-12-29(13-3-1)34-26-27-41(36-17-7-6-16-35(34)36)44-39-20-10-8-18-37(39)43(38-19-9-11-21-40(38)44)32-25-24-31-23-22-30-14-4-5-15-33(30)42(31)28-32;32-31(33)30-27-16-8-6-14-24(27)29(25-15-7-9-17-28(25)30)26-19-18-21(20-10-2-1-3-11-20)22-12-4-5-13-23(22)26;15-12-8-7-11-6-5-10-3-1-2-4-13(10)14(11)9-12/h1-28H;20-30,32-33H,1-19H2;1-9H. The van der Waals surface area contributed by atoms with Gasteiger partial charge in [0.25, 0.3) is 0 Å². The molecule has 0 radical (unpaired) electrons. The molecule has 0 bridgehead atoms. The molecule has 4 heteroatoms. The van der Waals surface area contributed by atoms with E-state index in [0.29, 0.717) is 11.8 Å². The molecule has 0 saturated heterocycles. The highest BCUT2D eigenvalue weighted by molar-refractivity contribution is 9.10. The predicted octanol–water partition coefficient (Wildman–Crippen LogP) is 24.7. The fourth-order valence-electron chi connectivity index (χ4n) is 20.9. The summed E-state index contributed by atoms with van der Waals surface area (Å²) in [6, 6.07) is 81.5. The molecule has 6 aliphatic carbocycles. The second-order valence-electron chi connectivity index (χ2n) is 29.0. The van der Waals surface area contributed by atoms with Gasteiger partial charge in [-0.15, -0.1) is 0 Å². The van der Waals surface area contributed by atoms with Crippen molar-refractivity contribution < 1.29 is 10.0 Å². The lowest BCUT2D eigenvalue weighted by Crippen LogP contribution is -2.55. The van der Waals surface area contributed by atoms with Crippen molar-refractivity contribution in [3.8, 4) is 33.4 Å². The lowest BCUT2D eigenvalue weighted by Gasteiger charge is -2.61. The molecule has 6 saturated carbocycles. The summed E-state index contributed by atoms with van der Waals surface area (Å²) in [5, 5.41) is 39.1. The van der Waals surface area contributed by atoms with E-state index in [1.54, 1.807) is 0 Å². The van der Waals surface area contributed by atoms with Gasteiger partial charge in [0.05, 0.1) is 0 Å². The summed E-state index contributed by atoms with van der Waals surface area (Å²) in [7, 11) is -1.08. The first-order chi connectivity index (χ1) is 45.4. The quantitative estimate of drug-likeness (QED) is 0.0990.